The van der Waals surface area contributed by atoms with Gasteiger partial charge in [0.2, 0.25) is 0 Å². The minimum absolute atomic E-state index is 0.00433. The van der Waals surface area contributed by atoms with Crippen molar-refractivity contribution >= 4 is 29.1 Å². The lowest BCUT2D eigenvalue weighted by molar-refractivity contribution is 0.0285. The summed E-state index contributed by atoms with van der Waals surface area (Å²) in [6, 6.07) is 14.1. The lowest BCUT2D eigenvalue weighted by Crippen LogP contribution is -2.43. The molecule has 0 bridgehead atoms. The van der Waals surface area contributed by atoms with Crippen molar-refractivity contribution in [3.63, 3.8) is 0 Å². The summed E-state index contributed by atoms with van der Waals surface area (Å²) in [4.78, 5) is 29.6. The van der Waals surface area contributed by atoms with Crippen LogP contribution in [0.4, 0.5) is 21.9 Å². The van der Waals surface area contributed by atoms with Gasteiger partial charge in [-0.15, -0.1) is 0 Å². The topological polar surface area (TPSA) is 109 Å². The van der Waals surface area contributed by atoms with E-state index in [1.54, 1.807) is 41.3 Å². The lowest BCUT2D eigenvalue weighted by Gasteiger charge is -2.29. The van der Waals surface area contributed by atoms with E-state index in [9.17, 15) is 9.59 Å². The van der Waals surface area contributed by atoms with Crippen LogP contribution >= 0.6 is 0 Å². The van der Waals surface area contributed by atoms with Crippen LogP contribution in [-0.4, -0.2) is 75.5 Å². The van der Waals surface area contributed by atoms with Crippen molar-refractivity contribution < 1.29 is 19.1 Å². The average molecular weight is 454 g/mol. The van der Waals surface area contributed by atoms with Gasteiger partial charge in [0.1, 0.15) is 6.61 Å². The van der Waals surface area contributed by atoms with E-state index in [1.165, 1.54) is 0 Å². The number of nitrogens with one attached hydrogen (secondary N) is 2. The van der Waals surface area contributed by atoms with Gasteiger partial charge in [-0.25, -0.2) is 4.79 Å². The maximum absolute atomic E-state index is 13.0. The quantitative estimate of drug-likeness (QED) is 0.551. The van der Waals surface area contributed by atoms with E-state index in [0.29, 0.717) is 55.5 Å². The Balaban J connectivity index is 1.40. The molecule has 1 atom stereocenters. The molecule has 9 nitrogen and oxygen atoms in total. The number of amides is 2. The van der Waals surface area contributed by atoms with Gasteiger partial charge in [0.15, 0.2) is 0 Å². The van der Waals surface area contributed by atoms with Gasteiger partial charge in [0.25, 0.3) is 5.91 Å². The van der Waals surface area contributed by atoms with Crippen molar-refractivity contribution in [1.29, 1.82) is 0 Å². The minimum atomic E-state index is -0.369. The van der Waals surface area contributed by atoms with Crippen molar-refractivity contribution in [2.75, 3.05) is 68.5 Å². The molecule has 2 amide bonds. The zero-order valence-electron chi connectivity index (χ0n) is 18.7. The number of morpholine rings is 1. The Kier molecular flexibility index (Phi) is 7.77. The Labute approximate surface area is 193 Å². The van der Waals surface area contributed by atoms with Crippen LogP contribution in [0.25, 0.3) is 0 Å². The van der Waals surface area contributed by atoms with Gasteiger partial charge >= 0.3 is 6.09 Å². The molecule has 2 aliphatic rings. The third-order valence-electron chi connectivity index (χ3n) is 5.95. The van der Waals surface area contributed by atoms with Gasteiger partial charge in [-0.2, -0.15) is 0 Å². The Morgan fingerprint density at radius 1 is 1.15 bits per heavy atom. The Hall–Kier alpha value is -3.14. The predicted molar refractivity (Wildman–Crippen MR) is 128 cm³/mol. The van der Waals surface area contributed by atoms with E-state index in [2.05, 4.69) is 15.5 Å². The number of rotatable bonds is 7. The van der Waals surface area contributed by atoms with Gasteiger partial charge < -0.3 is 25.8 Å². The van der Waals surface area contributed by atoms with Gasteiger partial charge in [0, 0.05) is 37.4 Å². The highest BCUT2D eigenvalue weighted by molar-refractivity contribution is 6.06. The summed E-state index contributed by atoms with van der Waals surface area (Å²) in [5.41, 5.74) is 8.16. The number of para-hydroxylation sites is 2. The molecule has 1 unspecified atom stereocenters. The van der Waals surface area contributed by atoms with E-state index in [0.717, 1.165) is 26.1 Å². The van der Waals surface area contributed by atoms with Gasteiger partial charge in [-0.3, -0.25) is 14.6 Å². The molecule has 9 heteroatoms. The van der Waals surface area contributed by atoms with E-state index >= 15 is 0 Å². The van der Waals surface area contributed by atoms with Crippen LogP contribution in [0.2, 0.25) is 0 Å². The average Bonchev–Trinajstić information content (AvgIpc) is 3.36. The fraction of sp³-hybridized carbons (Fsp3) is 0.417. The summed E-state index contributed by atoms with van der Waals surface area (Å²) in [7, 11) is 0. The summed E-state index contributed by atoms with van der Waals surface area (Å²) in [5.74, 6) is -0.262. The van der Waals surface area contributed by atoms with E-state index in [-0.39, 0.29) is 18.0 Å². The molecule has 0 aliphatic carbocycles. The second-order valence-electron chi connectivity index (χ2n) is 8.17. The molecule has 2 saturated heterocycles. The van der Waals surface area contributed by atoms with Crippen LogP contribution in [0.3, 0.4) is 0 Å². The summed E-state index contributed by atoms with van der Waals surface area (Å²) in [5, 5.41) is 6.12. The van der Waals surface area contributed by atoms with Gasteiger partial charge in [-0.1, -0.05) is 12.1 Å². The van der Waals surface area contributed by atoms with Crippen LogP contribution in [0, 0.1) is 0 Å². The highest BCUT2D eigenvalue weighted by Crippen LogP contribution is 2.23. The number of nitrogens with zero attached hydrogens (tertiary/aromatic N) is 2. The molecular weight excluding hydrogens is 422 g/mol. The summed E-state index contributed by atoms with van der Waals surface area (Å²) in [6.45, 7) is 5.70. The molecule has 2 aromatic rings. The molecular formula is C24H31N5O4. The molecule has 33 heavy (non-hydrogen) atoms. The minimum Gasteiger partial charge on any atom is -0.448 e. The fourth-order valence-corrected chi connectivity index (χ4v) is 4.06. The summed E-state index contributed by atoms with van der Waals surface area (Å²) >= 11 is 0. The smallest absolute Gasteiger partial charge is 0.414 e. The highest BCUT2D eigenvalue weighted by atomic mass is 16.6. The highest BCUT2D eigenvalue weighted by Gasteiger charge is 2.29. The van der Waals surface area contributed by atoms with Gasteiger partial charge in [-0.05, 0) is 49.4 Å². The Bertz CT molecular complexity index is 940. The molecule has 4 rings (SSSR count). The number of hydrogen-bond donors (Lipinski definition) is 3. The molecule has 2 aromatic carbocycles. The third-order valence-corrected chi connectivity index (χ3v) is 5.95. The van der Waals surface area contributed by atoms with E-state index in [1.807, 2.05) is 12.1 Å². The third kappa shape index (κ3) is 6.01. The number of nitrogen functional groups attached to an aromatic ring is 1. The number of carbonyl (C=O) groups is 2. The molecule has 4 N–H and O–H groups in total. The summed E-state index contributed by atoms with van der Waals surface area (Å²) in [6.07, 6.45) is 0.472. The van der Waals surface area contributed by atoms with Crippen molar-refractivity contribution in [1.82, 2.24) is 10.2 Å². The molecule has 176 valence electrons. The van der Waals surface area contributed by atoms with E-state index in [4.69, 9.17) is 15.2 Å². The zero-order chi connectivity index (χ0) is 23.0. The van der Waals surface area contributed by atoms with Crippen LogP contribution in [0.5, 0.6) is 0 Å². The van der Waals surface area contributed by atoms with Crippen LogP contribution < -0.4 is 21.3 Å². The van der Waals surface area contributed by atoms with Crippen LogP contribution in [-0.2, 0) is 9.47 Å². The van der Waals surface area contributed by atoms with Gasteiger partial charge in [0.05, 0.1) is 30.6 Å². The van der Waals surface area contributed by atoms with E-state index < -0.39 is 0 Å². The SMILES string of the molecule is Nc1ccccc1NC(=O)c1ccc(N(C(=O)OCCN2CCOCC2)C2CCNC2)cc1. The standard InChI is InChI=1S/C24H31N5O4/c25-21-3-1-2-4-22(21)27-23(30)18-5-7-19(8-6-18)29(20-9-10-26-17-20)24(31)33-16-13-28-11-14-32-15-12-28/h1-8,20,26H,9-17,25H2,(H,27,30). The first-order valence-electron chi connectivity index (χ1n) is 11.3. The Morgan fingerprint density at radius 2 is 1.91 bits per heavy atom. The number of hydrogen-bond acceptors (Lipinski definition) is 7. The molecule has 0 aromatic heterocycles. The maximum atomic E-state index is 13.0. The first kappa shape index (κ1) is 23.0. The molecule has 0 spiro atoms. The number of nitrogens with two attached hydrogens (primary N) is 1. The molecule has 2 heterocycles. The van der Waals surface area contributed by atoms with Crippen LogP contribution in [0.15, 0.2) is 48.5 Å². The Morgan fingerprint density at radius 3 is 2.61 bits per heavy atom. The first-order chi connectivity index (χ1) is 16.1. The fourth-order valence-electron chi connectivity index (χ4n) is 4.06. The predicted octanol–water partition coefficient (Wildman–Crippen LogP) is 2.16. The normalized spacial score (nSPS) is 18.6. The van der Waals surface area contributed by atoms with Crippen LogP contribution in [0.1, 0.15) is 16.8 Å². The molecule has 0 radical (unpaired) electrons. The number of benzene rings is 2. The van der Waals surface area contributed by atoms with Crippen molar-refractivity contribution in [3.8, 4) is 0 Å². The second kappa shape index (κ2) is 11.1. The molecule has 2 aliphatic heterocycles. The molecule has 2 fully saturated rings. The largest absolute Gasteiger partial charge is 0.448 e. The van der Waals surface area contributed by atoms with Crippen molar-refractivity contribution in [2.24, 2.45) is 0 Å². The maximum Gasteiger partial charge on any atom is 0.414 e. The van der Waals surface area contributed by atoms with Crippen molar-refractivity contribution in [3.05, 3.63) is 54.1 Å². The summed E-state index contributed by atoms with van der Waals surface area (Å²) < 4.78 is 11.0. The zero-order valence-corrected chi connectivity index (χ0v) is 18.7. The number of carbonyl (C=O) groups excluding carboxylic acids is 2. The second-order valence-corrected chi connectivity index (χ2v) is 8.17. The molecule has 0 saturated carbocycles. The monoisotopic (exact) mass is 453 g/mol. The number of anilines is 3. The first-order valence-corrected chi connectivity index (χ1v) is 11.3. The lowest BCUT2D eigenvalue weighted by atomic mass is 10.1. The number of ether oxygens (including phenoxy) is 2. The van der Waals surface area contributed by atoms with Crippen molar-refractivity contribution in [2.45, 2.75) is 12.5 Å².